The zero-order chi connectivity index (χ0) is 34.0. The van der Waals surface area contributed by atoms with Crippen molar-refractivity contribution in [2.24, 2.45) is 0 Å². The highest BCUT2D eigenvalue weighted by molar-refractivity contribution is 7.81. The molecule has 0 N–H and O–H groups in total. The third-order valence-corrected chi connectivity index (χ3v) is 9.08. The molecule has 252 valence electrons. The molecule has 0 bridgehead atoms. The van der Waals surface area contributed by atoms with E-state index < -0.39 is 22.6 Å². The van der Waals surface area contributed by atoms with Gasteiger partial charge in [0.2, 0.25) is 11.2 Å². The van der Waals surface area contributed by atoms with E-state index in [1.807, 2.05) is 20.8 Å². The van der Waals surface area contributed by atoms with Gasteiger partial charge < -0.3 is 24.0 Å². The molecule has 47 heavy (non-hydrogen) atoms. The van der Waals surface area contributed by atoms with Crippen LogP contribution in [0.3, 0.4) is 0 Å². The number of halogens is 1. The fourth-order valence-corrected chi connectivity index (χ4v) is 6.23. The van der Waals surface area contributed by atoms with Crippen molar-refractivity contribution < 1.29 is 27.6 Å². The number of carbonyl (C=O) groups is 1. The monoisotopic (exact) mass is 669 g/mol. The van der Waals surface area contributed by atoms with Crippen LogP contribution in [0.5, 0.6) is 11.5 Å². The second kappa shape index (κ2) is 13.7. The quantitative estimate of drug-likeness (QED) is 0.251. The standard InChI is InChI=1S/C32H40FN7O6S/c1-32(2,3)46-31(42)37-13-10-21(11-14-37)39-20-35-25-9-8-22(16-24(25)30(39)41)38(19-28-34-12-15-40(28)47(43)36(4)5)26-17-23(44-6)18-27(45-7)29(26)33/h8-9,12,15-18,20-21H,10-11,13-14,19H2,1-7H3. The predicted molar refractivity (Wildman–Crippen MR) is 177 cm³/mol. The molecule has 2 aromatic carbocycles. The fraction of sp³-hybridized carbons (Fsp3) is 0.438. The Hall–Kier alpha value is -4.50. The Morgan fingerprint density at radius 2 is 1.81 bits per heavy atom. The first-order chi connectivity index (χ1) is 22.3. The summed E-state index contributed by atoms with van der Waals surface area (Å²) in [6, 6.07) is 7.90. The summed E-state index contributed by atoms with van der Waals surface area (Å²) in [5.41, 5.74) is 0.185. The second-order valence-electron chi connectivity index (χ2n) is 12.3. The summed E-state index contributed by atoms with van der Waals surface area (Å²) in [5, 5.41) is 0.333. The molecular formula is C32H40FN7O6S. The van der Waals surface area contributed by atoms with Crippen LogP contribution >= 0.6 is 0 Å². The molecule has 1 atom stereocenters. The number of anilines is 2. The number of imidazole rings is 1. The lowest BCUT2D eigenvalue weighted by Gasteiger charge is -2.34. The van der Waals surface area contributed by atoms with Crippen LogP contribution in [0.15, 0.2) is 53.8 Å². The van der Waals surface area contributed by atoms with E-state index >= 15 is 4.39 Å². The molecule has 0 radical (unpaired) electrons. The summed E-state index contributed by atoms with van der Waals surface area (Å²) >= 11 is -1.58. The third kappa shape index (κ3) is 7.25. The van der Waals surface area contributed by atoms with Gasteiger partial charge in [0.1, 0.15) is 17.2 Å². The minimum absolute atomic E-state index is 0.0110. The Labute approximate surface area is 275 Å². The summed E-state index contributed by atoms with van der Waals surface area (Å²) in [6.45, 7) is 6.34. The van der Waals surface area contributed by atoms with Crippen molar-refractivity contribution in [3.8, 4) is 11.5 Å². The Balaban J connectivity index is 1.54. The topological polar surface area (TPSA) is 124 Å². The van der Waals surface area contributed by atoms with Gasteiger partial charge in [-0.15, -0.1) is 0 Å². The van der Waals surface area contributed by atoms with Gasteiger partial charge in [-0.25, -0.2) is 31.6 Å². The Morgan fingerprint density at radius 3 is 2.45 bits per heavy atom. The molecule has 3 heterocycles. The molecular weight excluding hydrogens is 629 g/mol. The maximum Gasteiger partial charge on any atom is 0.410 e. The molecule has 1 aliphatic rings. The molecule has 4 aromatic rings. The van der Waals surface area contributed by atoms with Gasteiger partial charge in [0.15, 0.2) is 11.6 Å². The number of amides is 1. The van der Waals surface area contributed by atoms with E-state index in [1.54, 1.807) is 52.9 Å². The minimum Gasteiger partial charge on any atom is -0.497 e. The molecule has 1 amide bonds. The highest BCUT2D eigenvalue weighted by Crippen LogP contribution is 2.38. The number of methoxy groups -OCH3 is 2. The smallest absolute Gasteiger partial charge is 0.410 e. The molecule has 15 heteroatoms. The van der Waals surface area contributed by atoms with Gasteiger partial charge in [0.05, 0.1) is 43.7 Å². The van der Waals surface area contributed by atoms with E-state index in [0.29, 0.717) is 54.1 Å². The Morgan fingerprint density at radius 1 is 1.09 bits per heavy atom. The first kappa shape index (κ1) is 33.9. The highest BCUT2D eigenvalue weighted by Gasteiger charge is 2.29. The van der Waals surface area contributed by atoms with Crippen molar-refractivity contribution in [3.05, 3.63) is 71.0 Å². The summed E-state index contributed by atoms with van der Waals surface area (Å²) in [7, 11) is 6.18. The maximum absolute atomic E-state index is 16.0. The summed E-state index contributed by atoms with van der Waals surface area (Å²) in [6.07, 6.45) is 5.38. The van der Waals surface area contributed by atoms with Crippen molar-refractivity contribution in [2.45, 2.75) is 51.8 Å². The largest absolute Gasteiger partial charge is 0.497 e. The van der Waals surface area contributed by atoms with Crippen LogP contribution < -0.4 is 19.9 Å². The number of benzene rings is 2. The Kier molecular flexibility index (Phi) is 9.86. The number of fused-ring (bicyclic) bond motifs is 1. The van der Waals surface area contributed by atoms with Crippen molar-refractivity contribution in [1.82, 2.24) is 27.7 Å². The van der Waals surface area contributed by atoms with Crippen LogP contribution in [0.25, 0.3) is 10.9 Å². The van der Waals surface area contributed by atoms with Crippen LogP contribution in [-0.4, -0.2) is 85.0 Å². The van der Waals surface area contributed by atoms with Crippen molar-refractivity contribution in [3.63, 3.8) is 0 Å². The van der Waals surface area contributed by atoms with Crippen molar-refractivity contribution >= 4 is 39.5 Å². The normalized spacial score (nSPS) is 14.8. The first-order valence-corrected chi connectivity index (χ1v) is 16.2. The summed E-state index contributed by atoms with van der Waals surface area (Å²) in [4.78, 5) is 38.8. The van der Waals surface area contributed by atoms with Crippen LogP contribution in [0.4, 0.5) is 20.6 Å². The number of aromatic nitrogens is 4. The summed E-state index contributed by atoms with van der Waals surface area (Å²) in [5.74, 6) is 0.0531. The van der Waals surface area contributed by atoms with Crippen LogP contribution in [0, 0.1) is 5.82 Å². The molecule has 1 saturated heterocycles. The van der Waals surface area contributed by atoms with Crippen LogP contribution in [0.2, 0.25) is 0 Å². The lowest BCUT2D eigenvalue weighted by Crippen LogP contribution is -2.43. The van der Waals surface area contributed by atoms with E-state index in [-0.39, 0.29) is 35.7 Å². The number of hydrogen-bond donors (Lipinski definition) is 0. The molecule has 0 aliphatic carbocycles. The molecule has 1 aliphatic heterocycles. The number of hydrogen-bond acceptors (Lipinski definition) is 9. The van der Waals surface area contributed by atoms with Gasteiger partial charge in [-0.3, -0.25) is 9.36 Å². The summed E-state index contributed by atoms with van der Waals surface area (Å²) < 4.78 is 49.9. The average Bonchev–Trinajstić information content (AvgIpc) is 3.51. The number of likely N-dealkylation sites (tertiary alicyclic amines) is 1. The van der Waals surface area contributed by atoms with Gasteiger partial charge >= 0.3 is 6.09 Å². The first-order valence-electron chi connectivity index (χ1n) is 15.1. The number of carbonyl (C=O) groups excluding carboxylic acids is 1. The van der Waals surface area contributed by atoms with E-state index in [0.717, 1.165) is 0 Å². The second-order valence-corrected chi connectivity index (χ2v) is 13.9. The minimum atomic E-state index is -1.58. The molecule has 1 unspecified atom stereocenters. The Bertz CT molecular complexity index is 1850. The number of rotatable bonds is 9. The van der Waals surface area contributed by atoms with Crippen molar-refractivity contribution in [2.75, 3.05) is 46.3 Å². The zero-order valence-electron chi connectivity index (χ0n) is 27.6. The fourth-order valence-electron chi connectivity index (χ4n) is 5.43. The third-order valence-electron chi connectivity index (χ3n) is 7.79. The maximum atomic E-state index is 16.0. The van der Waals surface area contributed by atoms with Gasteiger partial charge in [-0.1, -0.05) is 0 Å². The number of nitrogens with zero attached hydrogens (tertiary/aromatic N) is 7. The van der Waals surface area contributed by atoms with Gasteiger partial charge in [0, 0.05) is 63.4 Å². The average molecular weight is 670 g/mol. The molecule has 1 fully saturated rings. The van der Waals surface area contributed by atoms with E-state index in [4.69, 9.17) is 14.2 Å². The highest BCUT2D eigenvalue weighted by atomic mass is 32.2. The van der Waals surface area contributed by atoms with Crippen LogP contribution in [-0.2, 0) is 22.5 Å². The van der Waals surface area contributed by atoms with Crippen LogP contribution in [0.1, 0.15) is 45.5 Å². The predicted octanol–water partition coefficient (Wildman–Crippen LogP) is 4.65. The van der Waals surface area contributed by atoms with E-state index in [9.17, 15) is 13.8 Å². The van der Waals surface area contributed by atoms with E-state index in [1.165, 1.54) is 47.2 Å². The molecule has 0 spiro atoms. The molecule has 5 rings (SSSR count). The zero-order valence-corrected chi connectivity index (χ0v) is 28.4. The number of ether oxygens (including phenoxy) is 3. The lowest BCUT2D eigenvalue weighted by molar-refractivity contribution is 0.0187. The SMILES string of the molecule is COc1cc(OC)c(F)c(N(Cc2nccn2S(=O)N(C)C)c2ccc3ncn(C4CCN(C(=O)OC(C)(C)C)CC4)c(=O)c3c2)c1. The molecule has 0 saturated carbocycles. The van der Waals surface area contributed by atoms with E-state index in [2.05, 4.69) is 9.97 Å². The van der Waals surface area contributed by atoms with Gasteiger partial charge in [0.25, 0.3) is 5.56 Å². The molecule has 13 nitrogen and oxygen atoms in total. The lowest BCUT2D eigenvalue weighted by atomic mass is 10.0. The van der Waals surface area contributed by atoms with Gasteiger partial charge in [-0.2, -0.15) is 0 Å². The van der Waals surface area contributed by atoms with Crippen molar-refractivity contribution in [1.29, 1.82) is 0 Å². The van der Waals surface area contributed by atoms with Gasteiger partial charge in [-0.05, 0) is 51.8 Å². The molecule has 2 aromatic heterocycles. The number of piperidine rings is 1.